The third-order valence-corrected chi connectivity index (χ3v) is 3.86. The highest BCUT2D eigenvalue weighted by Crippen LogP contribution is 2.30. The molecule has 0 heterocycles. The van der Waals surface area contributed by atoms with E-state index in [-0.39, 0.29) is 0 Å². The van der Waals surface area contributed by atoms with Crippen LogP contribution in [0.25, 0.3) is 0 Å². The third kappa shape index (κ3) is 5.32. The number of carbonyl (C=O) groups is 1. The molecule has 6 heteroatoms. The molecule has 4 nitrogen and oxygen atoms in total. The quantitative estimate of drug-likeness (QED) is 0.523. The van der Waals surface area contributed by atoms with Gasteiger partial charge in [0.2, 0.25) is 0 Å². The zero-order chi connectivity index (χ0) is 17.4. The molecule has 0 aliphatic heterocycles. The fourth-order valence-electron chi connectivity index (χ4n) is 2.17. The Kier molecular flexibility index (Phi) is 7.22. The molecule has 24 heavy (non-hydrogen) atoms. The van der Waals surface area contributed by atoms with Gasteiger partial charge in [-0.3, -0.25) is 0 Å². The average molecular weight is 368 g/mol. The van der Waals surface area contributed by atoms with Gasteiger partial charge in [0.05, 0.1) is 30.0 Å². The van der Waals surface area contributed by atoms with E-state index in [0.717, 1.165) is 18.6 Å². The van der Waals surface area contributed by atoms with E-state index >= 15 is 0 Å². The van der Waals surface area contributed by atoms with Crippen molar-refractivity contribution in [1.82, 2.24) is 0 Å². The normalized spacial score (nSPS) is 10.3. The van der Waals surface area contributed by atoms with E-state index in [1.165, 1.54) is 7.11 Å². The Morgan fingerprint density at radius 2 is 1.88 bits per heavy atom. The number of anilines is 1. The van der Waals surface area contributed by atoms with Gasteiger partial charge in [-0.15, -0.1) is 0 Å². The molecule has 2 aromatic carbocycles. The number of benzene rings is 2. The molecular weight excluding hydrogens is 349 g/mol. The highest BCUT2D eigenvalue weighted by Gasteiger charge is 2.16. The number of esters is 1. The van der Waals surface area contributed by atoms with Crippen LogP contribution < -0.4 is 10.1 Å². The van der Waals surface area contributed by atoms with Crippen LogP contribution >= 0.6 is 23.2 Å². The van der Waals surface area contributed by atoms with Crippen LogP contribution in [0.15, 0.2) is 42.5 Å². The molecule has 0 saturated carbocycles. The highest BCUT2D eigenvalue weighted by molar-refractivity contribution is 6.37. The van der Waals surface area contributed by atoms with Gasteiger partial charge >= 0.3 is 5.97 Å². The van der Waals surface area contributed by atoms with E-state index in [2.05, 4.69) is 5.32 Å². The second-order valence-corrected chi connectivity index (χ2v) is 5.94. The largest absolute Gasteiger partial charge is 0.494 e. The van der Waals surface area contributed by atoms with Crippen molar-refractivity contribution >= 4 is 34.9 Å². The van der Waals surface area contributed by atoms with Crippen molar-refractivity contribution in [2.45, 2.75) is 12.8 Å². The summed E-state index contributed by atoms with van der Waals surface area (Å²) < 4.78 is 10.4. The molecule has 0 amide bonds. The van der Waals surface area contributed by atoms with Crippen LogP contribution in [-0.2, 0) is 4.74 Å². The van der Waals surface area contributed by atoms with E-state index in [9.17, 15) is 4.79 Å². The number of halogens is 2. The van der Waals surface area contributed by atoms with Crippen LogP contribution in [0.4, 0.5) is 5.69 Å². The van der Waals surface area contributed by atoms with Gasteiger partial charge in [-0.25, -0.2) is 4.79 Å². The monoisotopic (exact) mass is 367 g/mol. The topological polar surface area (TPSA) is 47.6 Å². The van der Waals surface area contributed by atoms with Gasteiger partial charge < -0.3 is 14.8 Å². The molecule has 2 aromatic rings. The second-order valence-electron chi connectivity index (χ2n) is 5.10. The summed E-state index contributed by atoms with van der Waals surface area (Å²) in [5.41, 5.74) is 0.868. The Labute approximate surface area is 151 Å². The molecule has 0 radical (unpaired) electrons. The minimum Gasteiger partial charge on any atom is -0.494 e. The number of ether oxygens (including phenoxy) is 2. The number of methoxy groups -OCH3 is 1. The summed E-state index contributed by atoms with van der Waals surface area (Å²) in [6, 6.07) is 12.8. The summed E-state index contributed by atoms with van der Waals surface area (Å²) in [4.78, 5) is 11.8. The first-order chi connectivity index (χ1) is 11.6. The predicted molar refractivity (Wildman–Crippen MR) is 97.5 cm³/mol. The highest BCUT2D eigenvalue weighted by atomic mass is 35.5. The molecule has 0 bridgehead atoms. The second kappa shape index (κ2) is 9.40. The Bertz CT molecular complexity index is 677. The zero-order valence-corrected chi connectivity index (χ0v) is 14.9. The SMILES string of the molecule is COC(=O)c1cc(Cl)cc(Cl)c1NCCCCOc1ccccc1. The summed E-state index contributed by atoms with van der Waals surface area (Å²) in [5, 5.41) is 3.96. The molecule has 0 saturated heterocycles. The summed E-state index contributed by atoms with van der Waals surface area (Å²) in [6.07, 6.45) is 1.74. The first kappa shape index (κ1) is 18.4. The van der Waals surface area contributed by atoms with Gasteiger partial charge in [0, 0.05) is 11.6 Å². The summed E-state index contributed by atoms with van der Waals surface area (Å²) in [6.45, 7) is 1.29. The number of unbranched alkanes of at least 4 members (excludes halogenated alkanes) is 1. The van der Waals surface area contributed by atoms with E-state index in [1.807, 2.05) is 30.3 Å². The van der Waals surface area contributed by atoms with Crippen molar-refractivity contribution in [3.8, 4) is 5.75 Å². The fraction of sp³-hybridized carbons (Fsp3) is 0.278. The number of para-hydroxylation sites is 1. The van der Waals surface area contributed by atoms with Crippen molar-refractivity contribution in [3.63, 3.8) is 0 Å². The summed E-state index contributed by atoms with van der Waals surface area (Å²) in [7, 11) is 1.32. The first-order valence-corrected chi connectivity index (χ1v) is 8.36. The Balaban J connectivity index is 1.82. The number of hydrogen-bond acceptors (Lipinski definition) is 4. The van der Waals surface area contributed by atoms with Gasteiger partial charge in [0.15, 0.2) is 0 Å². The lowest BCUT2D eigenvalue weighted by atomic mass is 10.1. The van der Waals surface area contributed by atoms with Gasteiger partial charge in [-0.1, -0.05) is 41.4 Å². The lowest BCUT2D eigenvalue weighted by Gasteiger charge is -2.13. The molecule has 0 aliphatic rings. The predicted octanol–water partition coefficient (Wildman–Crippen LogP) is 5.05. The molecule has 0 atom stereocenters. The molecule has 0 fully saturated rings. The Morgan fingerprint density at radius 3 is 2.58 bits per heavy atom. The van der Waals surface area contributed by atoms with Crippen molar-refractivity contribution < 1.29 is 14.3 Å². The van der Waals surface area contributed by atoms with Gasteiger partial charge in [-0.2, -0.15) is 0 Å². The van der Waals surface area contributed by atoms with Crippen LogP contribution in [0.3, 0.4) is 0 Å². The maximum Gasteiger partial charge on any atom is 0.340 e. The van der Waals surface area contributed by atoms with Crippen LogP contribution in [0.5, 0.6) is 5.75 Å². The number of carbonyl (C=O) groups excluding carboxylic acids is 1. The molecule has 2 rings (SSSR count). The molecule has 0 unspecified atom stereocenters. The smallest absolute Gasteiger partial charge is 0.340 e. The number of rotatable bonds is 8. The van der Waals surface area contributed by atoms with E-state index in [4.69, 9.17) is 32.7 Å². The van der Waals surface area contributed by atoms with Crippen molar-refractivity contribution in [3.05, 3.63) is 58.1 Å². The van der Waals surface area contributed by atoms with Gasteiger partial charge in [-0.05, 0) is 37.1 Å². The first-order valence-electron chi connectivity index (χ1n) is 7.61. The molecule has 0 aromatic heterocycles. The maximum atomic E-state index is 11.8. The average Bonchev–Trinajstić information content (AvgIpc) is 2.59. The molecule has 0 aliphatic carbocycles. The minimum atomic E-state index is -0.477. The minimum absolute atomic E-state index is 0.329. The van der Waals surface area contributed by atoms with Crippen molar-refractivity contribution in [2.75, 3.05) is 25.6 Å². The Morgan fingerprint density at radius 1 is 1.12 bits per heavy atom. The molecular formula is C18H19Cl2NO3. The van der Waals surface area contributed by atoms with Crippen LogP contribution in [0.2, 0.25) is 10.0 Å². The van der Waals surface area contributed by atoms with Crippen molar-refractivity contribution in [2.24, 2.45) is 0 Å². The molecule has 0 spiro atoms. The van der Waals surface area contributed by atoms with Crippen LogP contribution in [0.1, 0.15) is 23.2 Å². The van der Waals surface area contributed by atoms with Crippen molar-refractivity contribution in [1.29, 1.82) is 0 Å². The standard InChI is InChI=1S/C18H19Cl2NO3/c1-23-18(22)15-11-13(19)12-16(20)17(15)21-9-5-6-10-24-14-7-3-2-4-8-14/h2-4,7-8,11-12,21H,5-6,9-10H2,1H3. The Hall–Kier alpha value is -1.91. The van der Waals surface area contributed by atoms with E-state index < -0.39 is 5.97 Å². The van der Waals surface area contributed by atoms with E-state index in [0.29, 0.717) is 34.4 Å². The third-order valence-electron chi connectivity index (χ3n) is 3.35. The number of hydrogen-bond donors (Lipinski definition) is 1. The van der Waals surface area contributed by atoms with Crippen LogP contribution in [0, 0.1) is 0 Å². The summed E-state index contributed by atoms with van der Waals surface area (Å²) >= 11 is 12.1. The van der Waals surface area contributed by atoms with E-state index in [1.54, 1.807) is 12.1 Å². The lowest BCUT2D eigenvalue weighted by Crippen LogP contribution is -2.11. The molecule has 1 N–H and O–H groups in total. The maximum absolute atomic E-state index is 11.8. The van der Waals surface area contributed by atoms with Gasteiger partial charge in [0.1, 0.15) is 5.75 Å². The van der Waals surface area contributed by atoms with Gasteiger partial charge in [0.25, 0.3) is 0 Å². The number of nitrogens with one attached hydrogen (secondary N) is 1. The lowest BCUT2D eigenvalue weighted by molar-refractivity contribution is 0.0602. The fourth-order valence-corrected chi connectivity index (χ4v) is 2.73. The summed E-state index contributed by atoms with van der Waals surface area (Å²) in [5.74, 6) is 0.383. The zero-order valence-electron chi connectivity index (χ0n) is 13.4. The van der Waals surface area contributed by atoms with Crippen LogP contribution in [-0.4, -0.2) is 26.2 Å². The molecule has 128 valence electrons.